The Balaban J connectivity index is 2.18. The van der Waals surface area contributed by atoms with E-state index in [1.165, 1.54) is 4.44 Å². The first kappa shape index (κ1) is 23.8. The lowest BCUT2D eigenvalue weighted by Gasteiger charge is -2.41. The summed E-state index contributed by atoms with van der Waals surface area (Å²) >= 11 is 0. The number of hydrogen-bond acceptors (Lipinski definition) is 4. The molecule has 0 spiro atoms. The fraction of sp³-hybridized carbons (Fsp3) is 0.364. The highest BCUT2D eigenvalue weighted by Crippen LogP contribution is 2.71. The van der Waals surface area contributed by atoms with Crippen LogP contribution in [0.25, 0.3) is 0 Å². The Morgan fingerprint density at radius 1 is 1.00 bits per heavy atom. The van der Waals surface area contributed by atoms with E-state index in [0.717, 1.165) is 0 Å². The minimum absolute atomic E-state index is 0.387. The van der Waals surface area contributed by atoms with E-state index >= 15 is 0 Å². The highest BCUT2D eigenvalue weighted by Gasteiger charge is 2.57. The fourth-order valence-corrected chi connectivity index (χ4v) is 9.81. The average Bonchev–Trinajstić information content (AvgIpc) is 3.02. The summed E-state index contributed by atoms with van der Waals surface area (Å²) in [5.41, 5.74) is 0. The van der Waals surface area contributed by atoms with E-state index in [1.54, 1.807) is 72.0 Å². The second-order valence-corrected chi connectivity index (χ2v) is 12.2. The van der Waals surface area contributed by atoms with Crippen molar-refractivity contribution in [3.05, 3.63) is 72.8 Å². The smallest absolute Gasteiger partial charge is 0.404 e. The van der Waals surface area contributed by atoms with Crippen LogP contribution in [0.1, 0.15) is 20.3 Å². The van der Waals surface area contributed by atoms with E-state index in [0.29, 0.717) is 31.0 Å². The summed E-state index contributed by atoms with van der Waals surface area (Å²) in [4.78, 5) is 0. The number of rotatable bonds is 9. The van der Waals surface area contributed by atoms with Crippen molar-refractivity contribution in [1.82, 2.24) is 13.8 Å². The first-order valence-corrected chi connectivity index (χ1v) is 13.5. The second-order valence-electron chi connectivity index (χ2n) is 7.37. The van der Waals surface area contributed by atoms with Gasteiger partial charge in [-0.05, 0) is 51.7 Å². The maximum absolute atomic E-state index is 14.6. The zero-order chi connectivity index (χ0) is 22.5. The van der Waals surface area contributed by atoms with Crippen molar-refractivity contribution in [2.45, 2.75) is 26.3 Å². The molecule has 2 aromatic rings. The molecule has 1 aliphatic rings. The van der Waals surface area contributed by atoms with Crippen LogP contribution < -0.4 is 9.05 Å². The largest absolute Gasteiger partial charge is 0.524 e. The van der Waals surface area contributed by atoms with Crippen molar-refractivity contribution in [1.29, 1.82) is 0 Å². The van der Waals surface area contributed by atoms with Crippen molar-refractivity contribution in [3.63, 3.8) is 0 Å². The molecule has 1 heterocycles. The highest BCUT2D eigenvalue weighted by atomic mass is 31.2. The van der Waals surface area contributed by atoms with Crippen LogP contribution in [0.4, 0.5) is 0 Å². The molecule has 0 unspecified atom stereocenters. The number of benzene rings is 2. The fourth-order valence-electron chi connectivity index (χ4n) is 3.57. The van der Waals surface area contributed by atoms with Crippen LogP contribution in [0.5, 0.6) is 11.5 Å². The van der Waals surface area contributed by atoms with Gasteiger partial charge in [0.15, 0.2) is 0 Å². The third-order valence-electron chi connectivity index (χ3n) is 5.21. The topological polar surface area (TPSA) is 62.3 Å². The average molecular weight is 463 g/mol. The zero-order valence-corrected chi connectivity index (χ0v) is 20.3. The van der Waals surface area contributed by atoms with Gasteiger partial charge >= 0.3 is 7.75 Å². The van der Waals surface area contributed by atoms with Crippen molar-refractivity contribution >= 4 is 15.3 Å². The van der Waals surface area contributed by atoms with Crippen molar-refractivity contribution in [2.24, 2.45) is 0 Å². The van der Waals surface area contributed by atoms with Crippen LogP contribution >= 0.6 is 15.3 Å². The van der Waals surface area contributed by atoms with Crippen molar-refractivity contribution in [3.8, 4) is 11.5 Å². The van der Waals surface area contributed by atoms with E-state index in [4.69, 9.17) is 9.05 Å². The van der Waals surface area contributed by atoms with Crippen LogP contribution in [0.2, 0.25) is 0 Å². The van der Waals surface area contributed by atoms with E-state index in [2.05, 4.69) is 0 Å². The summed E-state index contributed by atoms with van der Waals surface area (Å²) in [6, 6.07) is 17.3. The molecule has 0 radical (unpaired) electrons. The molecule has 0 aliphatic carbocycles. The van der Waals surface area contributed by atoms with E-state index in [9.17, 15) is 9.13 Å². The third kappa shape index (κ3) is 4.97. The minimum Gasteiger partial charge on any atom is -0.404 e. The third-order valence-corrected chi connectivity index (χ3v) is 11.3. The monoisotopic (exact) mass is 463 g/mol. The molecule has 3 rings (SSSR count). The number of nitrogens with zero attached hydrogens (tertiary/aromatic N) is 3. The van der Waals surface area contributed by atoms with Gasteiger partial charge in [-0.25, -0.2) is 13.9 Å². The number of likely N-dealkylation sites (N-methyl/N-ethyl adjacent to an activating group) is 2. The molecule has 2 aromatic carbocycles. The molecule has 1 aliphatic heterocycles. The Bertz CT molecular complexity index is 912. The lowest BCUT2D eigenvalue weighted by atomic mass is 10.2. The van der Waals surface area contributed by atoms with Gasteiger partial charge in [0.25, 0.3) is 7.59 Å². The van der Waals surface area contributed by atoms with Crippen LogP contribution in [0, 0.1) is 0 Å². The Morgan fingerprint density at radius 3 is 1.84 bits per heavy atom. The molecule has 9 heteroatoms. The Kier molecular flexibility index (Phi) is 7.79. The Labute approximate surface area is 185 Å². The van der Waals surface area contributed by atoms with Crippen LogP contribution in [-0.2, 0) is 9.13 Å². The van der Waals surface area contributed by atoms with E-state index in [-0.39, 0.29) is 0 Å². The standard InChI is InChI=1S/C22H31N3O4P2/c1-5-13-20(6-2)25(30(26)23(3)18-19-24(30)4)31(27,28-21-14-9-7-10-15-21)29-22-16-11-8-12-17-22/h5,7-17,20H,6,18-19H2,1-4H3/b13-5+/t20-/m1/s1. The molecular weight excluding hydrogens is 432 g/mol. The summed E-state index contributed by atoms with van der Waals surface area (Å²) in [6.07, 6.45) is 4.35. The van der Waals surface area contributed by atoms with Gasteiger partial charge in [-0.3, -0.25) is 4.57 Å². The van der Waals surface area contributed by atoms with E-state index in [1.807, 2.05) is 38.1 Å². The summed E-state index contributed by atoms with van der Waals surface area (Å²) in [5, 5.41) is 0. The second kappa shape index (κ2) is 10.2. The lowest BCUT2D eigenvalue weighted by Crippen LogP contribution is -2.38. The van der Waals surface area contributed by atoms with Crippen molar-refractivity contribution < 1.29 is 18.2 Å². The van der Waals surface area contributed by atoms with Gasteiger partial charge in [0, 0.05) is 19.1 Å². The van der Waals surface area contributed by atoms with Gasteiger partial charge in [0.05, 0.1) is 0 Å². The van der Waals surface area contributed by atoms with Crippen LogP contribution in [0.3, 0.4) is 0 Å². The normalized spacial score (nSPS) is 18.5. The van der Waals surface area contributed by atoms with Gasteiger partial charge < -0.3 is 9.05 Å². The van der Waals surface area contributed by atoms with Crippen molar-refractivity contribution in [2.75, 3.05) is 27.2 Å². The molecule has 0 saturated carbocycles. The number of hydrogen-bond donors (Lipinski definition) is 0. The van der Waals surface area contributed by atoms with Crippen LogP contribution in [0.15, 0.2) is 72.8 Å². The summed E-state index contributed by atoms with van der Waals surface area (Å²) in [5.74, 6) is 0.774. The summed E-state index contributed by atoms with van der Waals surface area (Å²) in [7, 11) is -3.98. The maximum Gasteiger partial charge on any atom is 0.524 e. The molecule has 0 bridgehead atoms. The van der Waals surface area contributed by atoms with Gasteiger partial charge in [-0.1, -0.05) is 55.5 Å². The number of allylic oxidation sites excluding steroid dienone is 1. The number of para-hydroxylation sites is 2. The minimum atomic E-state index is -4.13. The molecule has 31 heavy (non-hydrogen) atoms. The molecule has 1 atom stereocenters. The zero-order valence-electron chi connectivity index (χ0n) is 18.5. The molecule has 0 amide bonds. The molecule has 1 saturated heterocycles. The molecular formula is C22H31N3O4P2. The Hall–Kier alpha value is -1.88. The molecule has 0 aromatic heterocycles. The van der Waals surface area contributed by atoms with Gasteiger partial charge in [-0.2, -0.15) is 0 Å². The molecule has 0 N–H and O–H groups in total. The Morgan fingerprint density at radius 2 is 1.45 bits per heavy atom. The quantitative estimate of drug-likeness (QED) is 0.339. The van der Waals surface area contributed by atoms with Gasteiger partial charge in [0.2, 0.25) is 0 Å². The predicted octanol–water partition coefficient (Wildman–Crippen LogP) is 5.89. The van der Waals surface area contributed by atoms with Gasteiger partial charge in [-0.15, -0.1) is 4.44 Å². The first-order chi connectivity index (χ1) is 14.8. The van der Waals surface area contributed by atoms with Crippen LogP contribution in [-0.4, -0.2) is 47.0 Å². The molecule has 168 valence electrons. The SMILES string of the molecule is C/C=C/[C@@H](CC)N(P(=O)(Oc1ccccc1)Oc1ccccc1)P1(=O)N(C)CCN1C. The highest BCUT2D eigenvalue weighted by molar-refractivity contribution is 7.70. The lowest BCUT2D eigenvalue weighted by molar-refractivity contribution is 0.298. The summed E-state index contributed by atoms with van der Waals surface area (Å²) < 4.78 is 46.3. The molecule has 7 nitrogen and oxygen atoms in total. The first-order valence-electron chi connectivity index (χ1n) is 10.4. The maximum atomic E-state index is 14.6. The predicted molar refractivity (Wildman–Crippen MR) is 125 cm³/mol. The van der Waals surface area contributed by atoms with E-state index < -0.39 is 21.4 Å². The molecule has 1 fully saturated rings. The van der Waals surface area contributed by atoms with Gasteiger partial charge in [0.1, 0.15) is 11.5 Å². The summed E-state index contributed by atoms with van der Waals surface area (Å²) in [6.45, 7) is 5.04.